The minimum Gasteiger partial charge on any atom is -0.457 e. The number of ether oxygens (including phenoxy) is 1. The molecular weight excluding hydrogens is 248 g/mol. The molecule has 5 heteroatoms. The summed E-state index contributed by atoms with van der Waals surface area (Å²) in [6.07, 6.45) is 2.58. The summed E-state index contributed by atoms with van der Waals surface area (Å²) < 4.78 is 11.5. The summed E-state index contributed by atoms with van der Waals surface area (Å²) in [4.78, 5) is 12.0. The van der Waals surface area contributed by atoms with E-state index in [0.717, 1.165) is 0 Å². The SMILES string of the molecule is CC(C)(C)[Si](C)(C)O[C@]12C=C[C@@H](O)[C@@H](C1)OC2=O. The molecule has 0 unspecified atom stereocenters. The minimum absolute atomic E-state index is 0.0318. The normalized spacial score (nSPS) is 35.8. The molecule has 0 spiro atoms. The molecule has 1 N–H and O–H groups in total. The Bertz CT molecular complexity index is 396. The number of hydrogen-bond donors (Lipinski definition) is 1. The first-order valence-corrected chi connectivity index (χ1v) is 9.27. The van der Waals surface area contributed by atoms with Crippen molar-refractivity contribution in [2.24, 2.45) is 0 Å². The standard InChI is InChI=1S/C13H22O4Si/c1-12(2,3)18(4,5)17-13-7-6-9(14)10(8-13)16-11(13)15/h6-7,9-10,14H,8H2,1-5H3/t9-,10-,13-/m1/s1. The molecule has 0 saturated carbocycles. The summed E-state index contributed by atoms with van der Waals surface area (Å²) in [5.74, 6) is -0.356. The van der Waals surface area contributed by atoms with Gasteiger partial charge < -0.3 is 14.3 Å². The van der Waals surface area contributed by atoms with E-state index in [9.17, 15) is 9.90 Å². The zero-order chi connectivity index (χ0) is 13.8. The van der Waals surface area contributed by atoms with E-state index in [1.807, 2.05) is 0 Å². The molecule has 3 atom stereocenters. The molecule has 0 aromatic heterocycles. The largest absolute Gasteiger partial charge is 0.457 e. The van der Waals surface area contributed by atoms with E-state index in [1.165, 1.54) is 0 Å². The van der Waals surface area contributed by atoms with Gasteiger partial charge in [0.2, 0.25) is 0 Å². The average Bonchev–Trinajstić information content (AvgIpc) is 2.45. The highest BCUT2D eigenvalue weighted by atomic mass is 28.4. The summed E-state index contributed by atoms with van der Waals surface area (Å²) in [5, 5.41) is 9.71. The first-order valence-electron chi connectivity index (χ1n) is 6.36. The Morgan fingerprint density at radius 1 is 1.50 bits per heavy atom. The van der Waals surface area contributed by atoms with Crippen LogP contribution in [-0.2, 0) is 14.0 Å². The van der Waals surface area contributed by atoms with E-state index >= 15 is 0 Å². The maximum Gasteiger partial charge on any atom is 0.341 e. The van der Waals surface area contributed by atoms with Crippen LogP contribution in [0.4, 0.5) is 0 Å². The van der Waals surface area contributed by atoms with Crippen molar-refractivity contribution in [3.8, 4) is 0 Å². The summed E-state index contributed by atoms with van der Waals surface area (Å²) in [5.41, 5.74) is -0.965. The Kier molecular flexibility index (Phi) is 3.00. The lowest BCUT2D eigenvalue weighted by molar-refractivity contribution is -0.151. The van der Waals surface area contributed by atoms with Crippen molar-refractivity contribution < 1.29 is 19.1 Å². The van der Waals surface area contributed by atoms with Crippen molar-refractivity contribution in [3.63, 3.8) is 0 Å². The number of carbonyl (C=O) groups is 1. The molecule has 18 heavy (non-hydrogen) atoms. The lowest BCUT2D eigenvalue weighted by Crippen LogP contribution is -2.52. The van der Waals surface area contributed by atoms with E-state index in [2.05, 4.69) is 33.9 Å². The molecule has 0 aromatic carbocycles. The molecule has 0 amide bonds. The van der Waals surface area contributed by atoms with Gasteiger partial charge in [-0.15, -0.1) is 0 Å². The Morgan fingerprint density at radius 3 is 2.67 bits per heavy atom. The molecule has 1 heterocycles. The number of fused-ring (bicyclic) bond motifs is 2. The van der Waals surface area contributed by atoms with Crippen LogP contribution in [0.1, 0.15) is 27.2 Å². The van der Waals surface area contributed by atoms with Gasteiger partial charge in [-0.3, -0.25) is 0 Å². The predicted molar refractivity (Wildman–Crippen MR) is 70.7 cm³/mol. The minimum atomic E-state index is -2.06. The quantitative estimate of drug-likeness (QED) is 0.474. The van der Waals surface area contributed by atoms with Gasteiger partial charge in [-0.25, -0.2) is 4.79 Å². The molecule has 2 aliphatic rings. The van der Waals surface area contributed by atoms with E-state index in [-0.39, 0.29) is 11.0 Å². The van der Waals surface area contributed by atoms with Crippen molar-refractivity contribution >= 4 is 14.3 Å². The lowest BCUT2D eigenvalue weighted by Gasteiger charge is -2.41. The third-order valence-electron chi connectivity index (χ3n) is 4.30. The molecule has 2 rings (SSSR count). The van der Waals surface area contributed by atoms with E-state index < -0.39 is 26.1 Å². The summed E-state index contributed by atoms with van der Waals surface area (Å²) in [7, 11) is -2.06. The van der Waals surface area contributed by atoms with Crippen LogP contribution < -0.4 is 0 Å². The number of aliphatic hydroxyl groups excluding tert-OH is 1. The molecule has 4 nitrogen and oxygen atoms in total. The second-order valence-electron chi connectivity index (χ2n) is 6.75. The maximum atomic E-state index is 12.0. The number of carbonyl (C=O) groups excluding carboxylic acids is 1. The van der Waals surface area contributed by atoms with Gasteiger partial charge in [0.1, 0.15) is 12.2 Å². The monoisotopic (exact) mass is 270 g/mol. The van der Waals surface area contributed by atoms with Gasteiger partial charge in [-0.05, 0) is 24.2 Å². The van der Waals surface area contributed by atoms with Crippen LogP contribution in [0.5, 0.6) is 0 Å². The number of rotatable bonds is 2. The van der Waals surface area contributed by atoms with Crippen LogP contribution >= 0.6 is 0 Å². The zero-order valence-corrected chi connectivity index (χ0v) is 12.7. The van der Waals surface area contributed by atoms with Crippen LogP contribution in [0.3, 0.4) is 0 Å². The molecule has 0 aromatic rings. The van der Waals surface area contributed by atoms with Crippen LogP contribution in [0.15, 0.2) is 12.2 Å². The number of aliphatic hydroxyl groups is 1. The second kappa shape index (κ2) is 3.92. The van der Waals surface area contributed by atoms with Gasteiger partial charge in [0.15, 0.2) is 13.9 Å². The fourth-order valence-electron chi connectivity index (χ4n) is 2.09. The van der Waals surface area contributed by atoms with Gasteiger partial charge in [0.25, 0.3) is 0 Å². The van der Waals surface area contributed by atoms with Crippen LogP contribution in [0.25, 0.3) is 0 Å². The highest BCUT2D eigenvalue weighted by Gasteiger charge is 2.56. The third kappa shape index (κ3) is 2.04. The zero-order valence-electron chi connectivity index (χ0n) is 11.7. The van der Waals surface area contributed by atoms with E-state index in [1.54, 1.807) is 12.2 Å². The highest BCUT2D eigenvalue weighted by Crippen LogP contribution is 2.44. The molecule has 1 saturated heterocycles. The van der Waals surface area contributed by atoms with Crippen LogP contribution in [0, 0.1) is 0 Å². The highest BCUT2D eigenvalue weighted by molar-refractivity contribution is 6.74. The average molecular weight is 270 g/mol. The maximum absolute atomic E-state index is 12.0. The molecular formula is C13H22O4Si. The first kappa shape index (κ1) is 13.8. The third-order valence-corrected chi connectivity index (χ3v) is 8.78. The Labute approximate surface area is 109 Å². The van der Waals surface area contributed by atoms with Crippen molar-refractivity contribution in [3.05, 3.63) is 12.2 Å². The van der Waals surface area contributed by atoms with Crippen molar-refractivity contribution in [1.29, 1.82) is 0 Å². The van der Waals surface area contributed by atoms with E-state index in [4.69, 9.17) is 9.16 Å². The van der Waals surface area contributed by atoms with Gasteiger partial charge in [0, 0.05) is 6.42 Å². The van der Waals surface area contributed by atoms with Gasteiger partial charge >= 0.3 is 5.97 Å². The summed E-state index contributed by atoms with van der Waals surface area (Å²) in [6, 6.07) is 0. The van der Waals surface area contributed by atoms with Crippen molar-refractivity contribution in [2.45, 2.75) is 63.1 Å². The molecule has 1 aliphatic heterocycles. The van der Waals surface area contributed by atoms with Crippen LogP contribution in [-0.4, -0.2) is 37.2 Å². The first-order chi connectivity index (χ1) is 8.07. The van der Waals surface area contributed by atoms with E-state index in [0.29, 0.717) is 6.42 Å². The predicted octanol–water partition coefficient (Wildman–Crippen LogP) is 1.99. The van der Waals surface area contributed by atoms with Gasteiger partial charge in [0.05, 0.1) is 0 Å². The van der Waals surface area contributed by atoms with Crippen molar-refractivity contribution in [1.82, 2.24) is 0 Å². The topological polar surface area (TPSA) is 55.8 Å². The molecule has 1 aliphatic carbocycles. The Balaban J connectivity index is 2.28. The Morgan fingerprint density at radius 2 is 2.11 bits per heavy atom. The Hall–Kier alpha value is -0.653. The lowest BCUT2D eigenvalue weighted by atomic mass is 9.91. The van der Waals surface area contributed by atoms with Gasteiger partial charge in [-0.2, -0.15) is 0 Å². The second-order valence-corrected chi connectivity index (χ2v) is 11.5. The summed E-state index contributed by atoms with van der Waals surface area (Å²) in [6.45, 7) is 10.6. The molecule has 1 fully saturated rings. The molecule has 102 valence electrons. The van der Waals surface area contributed by atoms with Crippen LogP contribution in [0.2, 0.25) is 18.1 Å². The van der Waals surface area contributed by atoms with Gasteiger partial charge in [-0.1, -0.05) is 26.8 Å². The van der Waals surface area contributed by atoms with Crippen molar-refractivity contribution in [2.75, 3.05) is 0 Å². The molecule has 2 bridgehead atoms. The number of hydrogen-bond acceptors (Lipinski definition) is 4. The fourth-order valence-corrected chi connectivity index (χ4v) is 3.54. The molecule has 0 radical (unpaired) electrons. The summed E-state index contributed by atoms with van der Waals surface area (Å²) >= 11 is 0. The number of esters is 1. The smallest absolute Gasteiger partial charge is 0.341 e. The fraction of sp³-hybridized carbons (Fsp3) is 0.769.